The zero-order chi connectivity index (χ0) is 15.2. The highest BCUT2D eigenvalue weighted by molar-refractivity contribution is 5.69. The smallest absolute Gasteiger partial charge is 0.126 e. The van der Waals surface area contributed by atoms with Crippen LogP contribution in [0.2, 0.25) is 0 Å². The summed E-state index contributed by atoms with van der Waals surface area (Å²) in [6.07, 6.45) is 3.71. The summed E-state index contributed by atoms with van der Waals surface area (Å²) in [5, 5.41) is 3.43. The van der Waals surface area contributed by atoms with Gasteiger partial charge in [-0.3, -0.25) is 0 Å². The fourth-order valence-electron chi connectivity index (χ4n) is 2.85. The van der Waals surface area contributed by atoms with Crippen LogP contribution in [0.5, 0.6) is 0 Å². The van der Waals surface area contributed by atoms with Gasteiger partial charge < -0.3 is 5.32 Å². The number of aromatic nitrogens is 1. The molecule has 0 amide bonds. The zero-order valence-electron chi connectivity index (χ0n) is 13.7. The molecule has 1 heterocycles. The monoisotopic (exact) mass is 282 g/mol. The van der Waals surface area contributed by atoms with Gasteiger partial charge in [0.25, 0.3) is 0 Å². The molecule has 21 heavy (non-hydrogen) atoms. The van der Waals surface area contributed by atoms with Crippen molar-refractivity contribution in [3.8, 4) is 11.3 Å². The van der Waals surface area contributed by atoms with Crippen molar-refractivity contribution in [3.63, 3.8) is 0 Å². The molecular formula is C19H26N2. The third-order valence-corrected chi connectivity index (χ3v) is 3.77. The van der Waals surface area contributed by atoms with Gasteiger partial charge in [-0.1, -0.05) is 43.5 Å². The van der Waals surface area contributed by atoms with Crippen LogP contribution in [-0.2, 0) is 0 Å². The van der Waals surface area contributed by atoms with E-state index in [2.05, 4.69) is 57.3 Å². The molecule has 0 aliphatic carbocycles. The van der Waals surface area contributed by atoms with Crippen LogP contribution < -0.4 is 5.32 Å². The molecule has 0 fully saturated rings. The van der Waals surface area contributed by atoms with Gasteiger partial charge in [0.15, 0.2) is 0 Å². The Morgan fingerprint density at radius 3 is 2.38 bits per heavy atom. The highest BCUT2D eigenvalue weighted by atomic mass is 15.0. The van der Waals surface area contributed by atoms with E-state index in [4.69, 9.17) is 4.98 Å². The average Bonchev–Trinajstić information content (AvgIpc) is 2.43. The molecule has 0 bridgehead atoms. The van der Waals surface area contributed by atoms with Crippen LogP contribution in [0.25, 0.3) is 11.3 Å². The molecule has 0 aliphatic rings. The summed E-state index contributed by atoms with van der Waals surface area (Å²) in [5.74, 6) is 0.975. The van der Waals surface area contributed by atoms with Gasteiger partial charge in [0.1, 0.15) is 5.82 Å². The van der Waals surface area contributed by atoms with Gasteiger partial charge in [-0.25, -0.2) is 4.98 Å². The Labute approximate surface area is 128 Å². The fourth-order valence-corrected chi connectivity index (χ4v) is 2.85. The zero-order valence-corrected chi connectivity index (χ0v) is 13.7. The molecule has 0 aliphatic heterocycles. The van der Waals surface area contributed by atoms with E-state index in [1.54, 1.807) is 0 Å². The summed E-state index contributed by atoms with van der Waals surface area (Å²) in [4.78, 5) is 4.78. The summed E-state index contributed by atoms with van der Waals surface area (Å²) >= 11 is 0. The van der Waals surface area contributed by atoms with E-state index in [9.17, 15) is 0 Å². The predicted molar refractivity (Wildman–Crippen MR) is 91.9 cm³/mol. The Hall–Kier alpha value is -1.83. The van der Waals surface area contributed by atoms with E-state index < -0.39 is 0 Å². The van der Waals surface area contributed by atoms with Crippen molar-refractivity contribution < 1.29 is 0 Å². The minimum Gasteiger partial charge on any atom is -0.370 e. The summed E-state index contributed by atoms with van der Waals surface area (Å²) < 4.78 is 0. The van der Waals surface area contributed by atoms with Crippen molar-refractivity contribution in [1.29, 1.82) is 0 Å². The number of benzene rings is 1. The summed E-state index contributed by atoms with van der Waals surface area (Å²) in [5.41, 5.74) is 6.22. The van der Waals surface area contributed by atoms with E-state index >= 15 is 0 Å². The Morgan fingerprint density at radius 2 is 1.71 bits per heavy atom. The highest BCUT2D eigenvalue weighted by Crippen LogP contribution is 2.27. The molecular weight excluding hydrogens is 256 g/mol. The quantitative estimate of drug-likeness (QED) is 0.729. The lowest BCUT2D eigenvalue weighted by Gasteiger charge is -2.12. The SMILES string of the molecule is CCCCCNc1cccc(-c2c(C)cc(C)cc2C)n1. The van der Waals surface area contributed by atoms with Crippen molar-refractivity contribution in [2.75, 3.05) is 11.9 Å². The second-order valence-electron chi connectivity index (χ2n) is 5.82. The lowest BCUT2D eigenvalue weighted by atomic mass is 9.97. The molecule has 1 N–H and O–H groups in total. The Morgan fingerprint density at radius 1 is 1.00 bits per heavy atom. The summed E-state index contributed by atoms with van der Waals surface area (Å²) in [6, 6.07) is 10.7. The van der Waals surface area contributed by atoms with Crippen LogP contribution in [0, 0.1) is 20.8 Å². The number of aryl methyl sites for hydroxylation is 3. The van der Waals surface area contributed by atoms with Crippen molar-refractivity contribution >= 4 is 5.82 Å². The van der Waals surface area contributed by atoms with Crippen molar-refractivity contribution in [1.82, 2.24) is 4.98 Å². The van der Waals surface area contributed by atoms with Crippen LogP contribution >= 0.6 is 0 Å². The predicted octanol–water partition coefficient (Wildman–Crippen LogP) is 5.28. The Balaban J connectivity index is 2.21. The van der Waals surface area contributed by atoms with E-state index in [1.807, 2.05) is 6.07 Å². The third-order valence-electron chi connectivity index (χ3n) is 3.77. The maximum absolute atomic E-state index is 4.78. The third kappa shape index (κ3) is 4.07. The molecule has 2 heteroatoms. The van der Waals surface area contributed by atoms with Gasteiger partial charge in [-0.15, -0.1) is 0 Å². The highest BCUT2D eigenvalue weighted by Gasteiger charge is 2.08. The van der Waals surface area contributed by atoms with E-state index in [-0.39, 0.29) is 0 Å². The summed E-state index contributed by atoms with van der Waals surface area (Å²) in [6.45, 7) is 9.69. The molecule has 2 nitrogen and oxygen atoms in total. The molecule has 0 atom stereocenters. The van der Waals surface area contributed by atoms with Gasteiger partial charge in [-0.05, 0) is 50.5 Å². The second-order valence-corrected chi connectivity index (χ2v) is 5.82. The van der Waals surface area contributed by atoms with Crippen molar-refractivity contribution in [2.45, 2.75) is 47.0 Å². The first-order valence-electron chi connectivity index (χ1n) is 7.91. The molecule has 1 aromatic heterocycles. The Kier molecular flexibility index (Phi) is 5.38. The largest absolute Gasteiger partial charge is 0.370 e. The van der Waals surface area contributed by atoms with Crippen LogP contribution in [0.3, 0.4) is 0 Å². The maximum Gasteiger partial charge on any atom is 0.126 e. The number of pyridine rings is 1. The first-order valence-corrected chi connectivity index (χ1v) is 7.91. The minimum absolute atomic E-state index is 0.975. The first kappa shape index (κ1) is 15.6. The van der Waals surface area contributed by atoms with Crippen LogP contribution in [0.1, 0.15) is 42.9 Å². The number of rotatable bonds is 6. The van der Waals surface area contributed by atoms with Crippen LogP contribution in [0.15, 0.2) is 30.3 Å². The average molecular weight is 282 g/mol. The Bertz CT molecular complexity index is 579. The van der Waals surface area contributed by atoms with Crippen LogP contribution in [-0.4, -0.2) is 11.5 Å². The number of anilines is 1. The lowest BCUT2D eigenvalue weighted by molar-refractivity contribution is 0.742. The molecule has 1 aromatic carbocycles. The minimum atomic E-state index is 0.975. The van der Waals surface area contributed by atoms with Gasteiger partial charge in [0, 0.05) is 12.1 Å². The van der Waals surface area contributed by atoms with Gasteiger partial charge in [-0.2, -0.15) is 0 Å². The number of nitrogens with zero attached hydrogens (tertiary/aromatic N) is 1. The van der Waals surface area contributed by atoms with Crippen molar-refractivity contribution in [2.24, 2.45) is 0 Å². The lowest BCUT2D eigenvalue weighted by Crippen LogP contribution is -2.04. The standard InChI is InChI=1S/C19H26N2/c1-5-6-7-11-20-18-10-8-9-17(21-18)19-15(3)12-14(2)13-16(19)4/h8-10,12-13H,5-7,11H2,1-4H3,(H,20,21). The van der Waals surface area contributed by atoms with E-state index in [0.717, 1.165) is 18.1 Å². The molecule has 112 valence electrons. The molecule has 0 spiro atoms. The van der Waals surface area contributed by atoms with E-state index in [1.165, 1.54) is 41.5 Å². The summed E-state index contributed by atoms with van der Waals surface area (Å²) in [7, 11) is 0. The molecule has 0 unspecified atom stereocenters. The normalized spacial score (nSPS) is 10.7. The van der Waals surface area contributed by atoms with E-state index in [0.29, 0.717) is 0 Å². The molecule has 0 radical (unpaired) electrons. The van der Waals surface area contributed by atoms with Crippen molar-refractivity contribution in [3.05, 3.63) is 47.0 Å². The fraction of sp³-hybridized carbons (Fsp3) is 0.421. The topological polar surface area (TPSA) is 24.9 Å². The number of unbranched alkanes of at least 4 members (excludes halogenated alkanes) is 2. The molecule has 2 rings (SSSR count). The van der Waals surface area contributed by atoms with Gasteiger partial charge in [0.05, 0.1) is 5.69 Å². The molecule has 2 aromatic rings. The number of hydrogen-bond donors (Lipinski definition) is 1. The first-order chi connectivity index (χ1) is 10.1. The number of hydrogen-bond acceptors (Lipinski definition) is 2. The molecule has 0 saturated heterocycles. The van der Waals surface area contributed by atoms with Crippen LogP contribution in [0.4, 0.5) is 5.82 Å². The second kappa shape index (κ2) is 7.26. The number of nitrogens with one attached hydrogen (secondary N) is 1. The van der Waals surface area contributed by atoms with Gasteiger partial charge in [0.2, 0.25) is 0 Å². The van der Waals surface area contributed by atoms with Gasteiger partial charge >= 0.3 is 0 Å². The molecule has 0 saturated carbocycles. The maximum atomic E-state index is 4.78.